The number of Topliss-reactive ketones (excluding diaryl/α,β-unsaturated/α-hetero) is 2. The number of hydrogen-bond donors (Lipinski definition) is 2. The number of nitrogens with zero attached hydrogens (tertiary/aromatic N) is 1. The molecule has 7 heteroatoms. The van der Waals surface area contributed by atoms with Crippen LogP contribution in [-0.2, 0) is 20.8 Å². The predicted molar refractivity (Wildman–Crippen MR) is 86.5 cm³/mol. The summed E-state index contributed by atoms with van der Waals surface area (Å²) in [5.41, 5.74) is 6.26. The molecule has 1 aromatic rings. The van der Waals surface area contributed by atoms with E-state index >= 15 is 0 Å². The van der Waals surface area contributed by atoms with Crippen molar-refractivity contribution in [3.63, 3.8) is 0 Å². The largest absolute Gasteiger partial charge is 0.348 e. The maximum Gasteiger partial charge on any atom is 0.192 e. The first kappa shape index (κ1) is 18.6. The van der Waals surface area contributed by atoms with Crippen LogP contribution in [0.2, 0.25) is 0 Å². The monoisotopic (exact) mass is 325 g/mol. The van der Waals surface area contributed by atoms with Crippen molar-refractivity contribution in [2.24, 2.45) is 11.7 Å². The lowest BCUT2D eigenvalue weighted by Crippen LogP contribution is -2.20. The first-order chi connectivity index (χ1) is 10.5. The Balaban J connectivity index is 2.54. The molecule has 6 nitrogen and oxygen atoms in total. The average Bonchev–Trinajstić information content (AvgIpc) is 2.96. The number of aromatic nitrogens is 2. The van der Waals surface area contributed by atoms with Gasteiger partial charge in [-0.05, 0) is 13.3 Å². The number of ketones is 2. The SMILES string of the molecule is CC(=O)CCCC(=O)C[C@@H](Cc1cnc[nH]1)C(=O)SCCN. The minimum absolute atomic E-state index is 0.0139. The molecule has 0 saturated heterocycles. The Kier molecular flexibility index (Phi) is 8.69. The van der Waals surface area contributed by atoms with E-state index in [1.165, 1.54) is 18.7 Å². The van der Waals surface area contributed by atoms with Crippen molar-refractivity contribution in [3.05, 3.63) is 18.2 Å². The van der Waals surface area contributed by atoms with Crippen molar-refractivity contribution in [1.82, 2.24) is 9.97 Å². The number of thioether (sulfide) groups is 1. The molecule has 0 bridgehead atoms. The molecule has 0 amide bonds. The third-order valence-electron chi connectivity index (χ3n) is 3.18. The van der Waals surface area contributed by atoms with Gasteiger partial charge in [0.25, 0.3) is 0 Å². The molecule has 0 saturated carbocycles. The van der Waals surface area contributed by atoms with E-state index in [1.54, 1.807) is 12.5 Å². The summed E-state index contributed by atoms with van der Waals surface area (Å²) in [7, 11) is 0. The van der Waals surface area contributed by atoms with Crippen LogP contribution >= 0.6 is 11.8 Å². The second-order valence-electron chi connectivity index (χ2n) is 5.23. The Hall–Kier alpha value is -1.47. The van der Waals surface area contributed by atoms with Gasteiger partial charge < -0.3 is 15.5 Å². The fraction of sp³-hybridized carbons (Fsp3) is 0.600. The fourth-order valence-corrected chi connectivity index (χ4v) is 2.81. The summed E-state index contributed by atoms with van der Waals surface area (Å²) in [6, 6.07) is 0. The van der Waals surface area contributed by atoms with Crippen LogP contribution in [-0.4, -0.2) is 38.9 Å². The van der Waals surface area contributed by atoms with Crippen LogP contribution in [0.4, 0.5) is 0 Å². The van der Waals surface area contributed by atoms with Crippen LogP contribution in [0, 0.1) is 5.92 Å². The minimum Gasteiger partial charge on any atom is -0.348 e. The van der Waals surface area contributed by atoms with Gasteiger partial charge in [-0.25, -0.2) is 4.98 Å². The summed E-state index contributed by atoms with van der Waals surface area (Å²) in [4.78, 5) is 42.0. The number of nitrogens with one attached hydrogen (secondary N) is 1. The maximum absolute atomic E-state index is 12.2. The summed E-state index contributed by atoms with van der Waals surface area (Å²) in [6.07, 6.45) is 5.19. The van der Waals surface area contributed by atoms with Gasteiger partial charge in [0.15, 0.2) is 5.12 Å². The van der Waals surface area contributed by atoms with E-state index in [4.69, 9.17) is 5.73 Å². The van der Waals surface area contributed by atoms with Crippen molar-refractivity contribution >= 4 is 28.4 Å². The molecule has 1 aromatic heterocycles. The molecule has 122 valence electrons. The number of nitrogens with two attached hydrogens (primary N) is 1. The molecule has 0 fully saturated rings. The van der Waals surface area contributed by atoms with Crippen molar-refractivity contribution in [1.29, 1.82) is 0 Å². The third kappa shape index (κ3) is 7.51. The van der Waals surface area contributed by atoms with Crippen molar-refractivity contribution in [2.45, 2.75) is 39.0 Å². The van der Waals surface area contributed by atoms with Gasteiger partial charge in [-0.3, -0.25) is 9.59 Å². The van der Waals surface area contributed by atoms with E-state index in [0.717, 1.165) is 5.69 Å². The minimum atomic E-state index is -0.373. The summed E-state index contributed by atoms with van der Waals surface area (Å²) in [5.74, 6) is 0.280. The van der Waals surface area contributed by atoms with E-state index in [2.05, 4.69) is 9.97 Å². The average molecular weight is 325 g/mol. The number of imidazole rings is 1. The quantitative estimate of drug-likeness (QED) is 0.639. The van der Waals surface area contributed by atoms with Gasteiger partial charge >= 0.3 is 0 Å². The Morgan fingerprint density at radius 1 is 1.36 bits per heavy atom. The van der Waals surface area contributed by atoms with Gasteiger partial charge in [0.2, 0.25) is 0 Å². The van der Waals surface area contributed by atoms with Crippen LogP contribution in [0.25, 0.3) is 0 Å². The zero-order valence-corrected chi connectivity index (χ0v) is 13.7. The van der Waals surface area contributed by atoms with Crippen molar-refractivity contribution in [3.8, 4) is 0 Å². The number of carbonyl (C=O) groups excluding carboxylic acids is 3. The molecule has 1 heterocycles. The van der Waals surface area contributed by atoms with Crippen molar-refractivity contribution < 1.29 is 14.4 Å². The molecule has 0 unspecified atom stereocenters. The zero-order valence-electron chi connectivity index (χ0n) is 12.8. The third-order valence-corrected chi connectivity index (χ3v) is 4.23. The highest BCUT2D eigenvalue weighted by molar-refractivity contribution is 8.13. The Labute approximate surface area is 134 Å². The van der Waals surface area contributed by atoms with Crippen molar-refractivity contribution in [2.75, 3.05) is 12.3 Å². The topological polar surface area (TPSA) is 106 Å². The highest BCUT2D eigenvalue weighted by Crippen LogP contribution is 2.20. The number of H-pyrrole nitrogens is 1. The second-order valence-corrected chi connectivity index (χ2v) is 6.33. The molecular formula is C15H23N3O3S. The normalized spacial score (nSPS) is 12.1. The van der Waals surface area contributed by atoms with E-state index in [9.17, 15) is 14.4 Å². The lowest BCUT2D eigenvalue weighted by molar-refractivity contribution is -0.124. The van der Waals surface area contributed by atoms with Crippen LogP contribution in [0.15, 0.2) is 12.5 Å². The van der Waals surface area contributed by atoms with Crippen LogP contribution < -0.4 is 5.73 Å². The van der Waals surface area contributed by atoms with E-state index in [1.807, 2.05) is 0 Å². The number of rotatable bonds is 11. The van der Waals surface area contributed by atoms with Gasteiger partial charge in [0, 0.05) is 55.8 Å². The number of hydrogen-bond acceptors (Lipinski definition) is 6. The first-order valence-electron chi connectivity index (χ1n) is 7.38. The second kappa shape index (κ2) is 10.3. The summed E-state index contributed by atoms with van der Waals surface area (Å²) in [6.45, 7) is 1.94. The van der Waals surface area contributed by atoms with Gasteiger partial charge in [0.1, 0.15) is 11.6 Å². The molecule has 0 aromatic carbocycles. The molecule has 0 radical (unpaired) electrons. The molecule has 1 rings (SSSR count). The molecule has 1 atom stereocenters. The lowest BCUT2D eigenvalue weighted by Gasteiger charge is -2.13. The Morgan fingerprint density at radius 2 is 2.14 bits per heavy atom. The number of carbonyl (C=O) groups is 3. The van der Waals surface area contributed by atoms with Crippen LogP contribution in [0.1, 0.15) is 38.3 Å². The van der Waals surface area contributed by atoms with Crippen LogP contribution in [0.5, 0.6) is 0 Å². The van der Waals surface area contributed by atoms with Gasteiger partial charge in [-0.1, -0.05) is 11.8 Å². The van der Waals surface area contributed by atoms with E-state index in [-0.39, 0.29) is 29.0 Å². The first-order valence-corrected chi connectivity index (χ1v) is 8.36. The number of aromatic amines is 1. The predicted octanol–water partition coefficient (Wildman–Crippen LogP) is 1.51. The maximum atomic E-state index is 12.2. The lowest BCUT2D eigenvalue weighted by atomic mass is 9.96. The standard InChI is InChI=1S/C15H23N3O3S/c1-11(19)3-2-4-14(20)8-12(15(21)22-6-5-16)7-13-9-17-10-18-13/h9-10,12H,2-8,16H2,1H3,(H,17,18)/t12-/m1/s1. The highest BCUT2D eigenvalue weighted by atomic mass is 32.2. The Bertz CT molecular complexity index is 488. The summed E-state index contributed by atoms with van der Waals surface area (Å²) >= 11 is 1.17. The molecule has 22 heavy (non-hydrogen) atoms. The highest BCUT2D eigenvalue weighted by Gasteiger charge is 2.23. The van der Waals surface area contributed by atoms with Gasteiger partial charge in [0.05, 0.1) is 6.33 Å². The fourth-order valence-electron chi connectivity index (χ4n) is 2.09. The Morgan fingerprint density at radius 3 is 2.73 bits per heavy atom. The molecule has 3 N–H and O–H groups in total. The molecule has 0 aliphatic heterocycles. The summed E-state index contributed by atoms with van der Waals surface area (Å²) in [5, 5.41) is -0.0139. The van der Waals surface area contributed by atoms with Gasteiger partial charge in [-0.2, -0.15) is 0 Å². The molecule has 0 spiro atoms. The molecule has 0 aliphatic rings. The zero-order chi connectivity index (χ0) is 16.4. The van der Waals surface area contributed by atoms with Gasteiger partial charge in [-0.15, -0.1) is 0 Å². The van der Waals surface area contributed by atoms with E-state index in [0.29, 0.717) is 38.0 Å². The smallest absolute Gasteiger partial charge is 0.192 e. The summed E-state index contributed by atoms with van der Waals surface area (Å²) < 4.78 is 0. The van der Waals surface area contributed by atoms with E-state index < -0.39 is 0 Å². The molecular weight excluding hydrogens is 302 g/mol. The van der Waals surface area contributed by atoms with Crippen LogP contribution in [0.3, 0.4) is 0 Å². The molecule has 0 aliphatic carbocycles.